The molecule has 0 amide bonds. The molecule has 2 aliphatic rings. The lowest BCUT2D eigenvalue weighted by molar-refractivity contribution is -0.00955. The highest BCUT2D eigenvalue weighted by Gasteiger charge is 2.36. The van der Waals surface area contributed by atoms with Crippen LogP contribution in [0.4, 0.5) is 8.78 Å². The van der Waals surface area contributed by atoms with Crippen molar-refractivity contribution in [2.75, 3.05) is 13.2 Å². The summed E-state index contributed by atoms with van der Waals surface area (Å²) >= 11 is 0. The summed E-state index contributed by atoms with van der Waals surface area (Å²) in [5, 5.41) is 0. The van der Waals surface area contributed by atoms with Gasteiger partial charge in [-0.05, 0) is 93.4 Å². The first-order valence-electron chi connectivity index (χ1n) is 12.0. The van der Waals surface area contributed by atoms with Crippen molar-refractivity contribution in [2.24, 2.45) is 11.8 Å². The Kier molecular flexibility index (Phi) is 7.62. The molecule has 4 atom stereocenters. The molecule has 0 radical (unpaired) electrons. The van der Waals surface area contributed by atoms with Crippen LogP contribution in [-0.4, -0.2) is 19.3 Å². The molecule has 2 aromatic rings. The Labute approximate surface area is 190 Å². The molecule has 0 spiro atoms. The summed E-state index contributed by atoms with van der Waals surface area (Å²) in [4.78, 5) is 0. The van der Waals surface area contributed by atoms with Gasteiger partial charge in [0.15, 0.2) is 11.6 Å². The van der Waals surface area contributed by atoms with Gasteiger partial charge in [-0.25, -0.2) is 4.39 Å². The second kappa shape index (κ2) is 10.6. The first kappa shape index (κ1) is 23.0. The Morgan fingerprint density at radius 2 is 1.66 bits per heavy atom. The first-order valence-corrected chi connectivity index (χ1v) is 12.0. The van der Waals surface area contributed by atoms with Crippen LogP contribution in [0.25, 0.3) is 11.1 Å². The number of hydrogen-bond donors (Lipinski definition) is 0. The van der Waals surface area contributed by atoms with Crippen molar-refractivity contribution in [3.8, 4) is 16.9 Å². The summed E-state index contributed by atoms with van der Waals surface area (Å²) in [6.07, 6.45) is 11.3. The number of hydrogen-bond acceptors (Lipinski definition) is 2. The van der Waals surface area contributed by atoms with Gasteiger partial charge in [0.1, 0.15) is 6.61 Å². The molecule has 0 aliphatic heterocycles. The number of fused-ring (bicyclic) bond motifs is 1. The van der Waals surface area contributed by atoms with E-state index in [9.17, 15) is 8.78 Å². The van der Waals surface area contributed by atoms with E-state index in [1.807, 2.05) is 25.1 Å². The molecule has 2 fully saturated rings. The van der Waals surface area contributed by atoms with Gasteiger partial charge < -0.3 is 9.47 Å². The maximum atomic E-state index is 14.7. The van der Waals surface area contributed by atoms with Gasteiger partial charge in [-0.15, -0.1) is 0 Å². The molecule has 0 aromatic heterocycles. The van der Waals surface area contributed by atoms with Crippen LogP contribution >= 0.6 is 0 Å². The fourth-order valence-electron chi connectivity index (χ4n) is 5.57. The second-order valence-corrected chi connectivity index (χ2v) is 9.16. The lowest BCUT2D eigenvalue weighted by atomic mass is 9.65. The summed E-state index contributed by atoms with van der Waals surface area (Å²) in [5.74, 6) is 0.280. The van der Waals surface area contributed by atoms with Gasteiger partial charge in [-0.3, -0.25) is 0 Å². The van der Waals surface area contributed by atoms with Crippen LogP contribution in [-0.2, 0) is 4.74 Å². The Bertz CT molecular complexity index is 922. The number of ether oxygens (including phenoxy) is 2. The normalized spacial score (nSPS) is 25.6. The molecule has 4 unspecified atom stereocenters. The Hall–Kier alpha value is -2.20. The van der Waals surface area contributed by atoms with E-state index < -0.39 is 11.6 Å². The molecular formula is C28H34F2O2. The molecule has 0 saturated heterocycles. The number of rotatable bonds is 7. The zero-order chi connectivity index (χ0) is 22.5. The summed E-state index contributed by atoms with van der Waals surface area (Å²) < 4.78 is 40.3. The third kappa shape index (κ3) is 5.06. The first-order chi connectivity index (χ1) is 15.6. The molecular weight excluding hydrogens is 406 g/mol. The van der Waals surface area contributed by atoms with Crippen LogP contribution < -0.4 is 4.74 Å². The van der Waals surface area contributed by atoms with Crippen molar-refractivity contribution < 1.29 is 18.3 Å². The number of halogens is 2. The van der Waals surface area contributed by atoms with E-state index in [0.717, 1.165) is 18.4 Å². The fourth-order valence-corrected chi connectivity index (χ4v) is 5.57. The van der Waals surface area contributed by atoms with E-state index in [0.29, 0.717) is 17.6 Å². The van der Waals surface area contributed by atoms with Gasteiger partial charge in [0.2, 0.25) is 5.82 Å². The average molecular weight is 441 g/mol. The van der Waals surface area contributed by atoms with Gasteiger partial charge in [0, 0.05) is 12.2 Å². The van der Waals surface area contributed by atoms with Crippen LogP contribution in [0.1, 0.15) is 63.9 Å². The zero-order valence-corrected chi connectivity index (χ0v) is 19.2. The third-order valence-corrected chi connectivity index (χ3v) is 7.28. The summed E-state index contributed by atoms with van der Waals surface area (Å²) in [6.45, 7) is 4.97. The minimum Gasteiger partial charge on any atom is -0.486 e. The van der Waals surface area contributed by atoms with Gasteiger partial charge in [-0.1, -0.05) is 36.4 Å². The highest BCUT2D eigenvalue weighted by molar-refractivity contribution is 5.65. The van der Waals surface area contributed by atoms with Crippen molar-refractivity contribution >= 4 is 0 Å². The van der Waals surface area contributed by atoms with Crippen LogP contribution in [0.2, 0.25) is 0 Å². The fraction of sp³-hybridized carbons (Fsp3) is 0.500. The van der Waals surface area contributed by atoms with Gasteiger partial charge in [0.05, 0.1) is 6.10 Å². The van der Waals surface area contributed by atoms with Crippen molar-refractivity contribution in [1.29, 1.82) is 0 Å². The molecule has 2 aliphatic carbocycles. The van der Waals surface area contributed by atoms with Crippen molar-refractivity contribution in [2.45, 2.75) is 64.4 Å². The van der Waals surface area contributed by atoms with Gasteiger partial charge in [0.25, 0.3) is 0 Å². The van der Waals surface area contributed by atoms with E-state index in [-0.39, 0.29) is 17.9 Å². The second-order valence-electron chi connectivity index (χ2n) is 9.16. The predicted molar refractivity (Wildman–Crippen MR) is 125 cm³/mol. The molecule has 0 N–H and O–H groups in total. The topological polar surface area (TPSA) is 18.5 Å². The Morgan fingerprint density at radius 1 is 0.906 bits per heavy atom. The standard InChI is InChI=1S/C28H34F2O2/c1-3-5-16-32-26-15-14-25(27(29)28(26)30)20-8-6-19(7-9-20)21-10-11-23-18-24(31-4-2)13-12-22(23)17-21/h3,5-9,14-15,21-24H,4,10-13,16-18H2,1-2H3/b5-3+. The van der Waals surface area contributed by atoms with Crippen LogP contribution in [0.15, 0.2) is 48.6 Å². The monoisotopic (exact) mass is 440 g/mol. The Balaban J connectivity index is 1.42. The predicted octanol–water partition coefficient (Wildman–Crippen LogP) is 7.68. The summed E-state index contributed by atoms with van der Waals surface area (Å²) in [5.41, 5.74) is 2.27. The van der Waals surface area contributed by atoms with Crippen molar-refractivity contribution in [3.05, 3.63) is 65.7 Å². The van der Waals surface area contributed by atoms with Crippen LogP contribution in [0.5, 0.6) is 5.75 Å². The third-order valence-electron chi connectivity index (χ3n) is 7.28. The molecule has 2 nitrogen and oxygen atoms in total. The highest BCUT2D eigenvalue weighted by Crippen LogP contribution is 2.46. The van der Waals surface area contributed by atoms with E-state index in [2.05, 4.69) is 19.1 Å². The molecule has 172 valence electrons. The van der Waals surface area contributed by atoms with E-state index in [1.54, 1.807) is 12.1 Å². The molecule has 32 heavy (non-hydrogen) atoms. The van der Waals surface area contributed by atoms with Crippen LogP contribution in [0, 0.1) is 23.5 Å². The van der Waals surface area contributed by atoms with E-state index in [1.165, 1.54) is 50.2 Å². The lowest BCUT2D eigenvalue weighted by Crippen LogP contribution is -2.33. The number of benzene rings is 2. The quantitative estimate of drug-likeness (QED) is 0.411. The molecule has 4 heteroatoms. The summed E-state index contributed by atoms with van der Waals surface area (Å²) in [6, 6.07) is 11.1. The zero-order valence-electron chi connectivity index (χ0n) is 19.2. The minimum atomic E-state index is -0.933. The van der Waals surface area contributed by atoms with Gasteiger partial charge >= 0.3 is 0 Å². The largest absolute Gasteiger partial charge is 0.486 e. The summed E-state index contributed by atoms with van der Waals surface area (Å²) in [7, 11) is 0. The SMILES string of the molecule is C/C=C/COc1ccc(-c2ccc(C3CCC4CC(OCC)CCC4C3)cc2)c(F)c1F. The number of allylic oxidation sites excluding steroid dienone is 1. The van der Waals surface area contributed by atoms with Crippen molar-refractivity contribution in [3.63, 3.8) is 0 Å². The maximum absolute atomic E-state index is 14.7. The van der Waals surface area contributed by atoms with Crippen molar-refractivity contribution in [1.82, 2.24) is 0 Å². The lowest BCUT2D eigenvalue weighted by Gasteiger charge is -2.42. The maximum Gasteiger partial charge on any atom is 0.201 e. The minimum absolute atomic E-state index is 0.0585. The van der Waals surface area contributed by atoms with E-state index >= 15 is 0 Å². The molecule has 0 heterocycles. The molecule has 2 saturated carbocycles. The molecule has 0 bridgehead atoms. The smallest absolute Gasteiger partial charge is 0.201 e. The average Bonchev–Trinajstić information content (AvgIpc) is 2.82. The van der Waals surface area contributed by atoms with Gasteiger partial charge in [-0.2, -0.15) is 4.39 Å². The van der Waals surface area contributed by atoms with E-state index in [4.69, 9.17) is 9.47 Å². The Morgan fingerprint density at radius 3 is 2.41 bits per heavy atom. The molecule has 4 rings (SSSR count). The molecule has 2 aromatic carbocycles. The van der Waals surface area contributed by atoms with Crippen LogP contribution in [0.3, 0.4) is 0 Å². The highest BCUT2D eigenvalue weighted by atomic mass is 19.2.